The third-order valence-electron chi connectivity index (χ3n) is 4.32. The molecule has 1 amide bonds. The summed E-state index contributed by atoms with van der Waals surface area (Å²) in [5.74, 6) is 0.733. The molecule has 1 unspecified atom stereocenters. The predicted molar refractivity (Wildman–Crippen MR) is 96.8 cm³/mol. The lowest BCUT2D eigenvalue weighted by atomic mass is 10.1. The zero-order valence-electron chi connectivity index (χ0n) is 14.4. The normalized spacial score (nSPS) is 18.6. The van der Waals surface area contributed by atoms with Gasteiger partial charge in [0.25, 0.3) is 0 Å². The Morgan fingerprint density at radius 2 is 2.12 bits per heavy atom. The summed E-state index contributed by atoms with van der Waals surface area (Å²) in [5.41, 5.74) is 0.520. The molecule has 1 aromatic carbocycles. The van der Waals surface area contributed by atoms with E-state index < -0.39 is 10.0 Å². The maximum atomic E-state index is 12.4. The Labute approximate surface area is 152 Å². The second-order valence-electron chi connectivity index (χ2n) is 6.20. The summed E-state index contributed by atoms with van der Waals surface area (Å²) in [4.78, 5) is 18.9. The van der Waals surface area contributed by atoms with Gasteiger partial charge in [0.15, 0.2) is 0 Å². The predicted octanol–water partition coefficient (Wildman–Crippen LogP) is -0.347. The van der Waals surface area contributed by atoms with E-state index in [9.17, 15) is 13.2 Å². The van der Waals surface area contributed by atoms with Crippen molar-refractivity contribution in [3.8, 4) is 0 Å². The van der Waals surface area contributed by atoms with Gasteiger partial charge in [-0.15, -0.1) is 0 Å². The lowest BCUT2D eigenvalue weighted by molar-refractivity contribution is -0.118. The Balaban J connectivity index is 1.65. The number of anilines is 1. The van der Waals surface area contributed by atoms with Gasteiger partial charge in [0.05, 0.1) is 17.5 Å². The highest BCUT2D eigenvalue weighted by atomic mass is 32.2. The lowest BCUT2D eigenvalue weighted by Gasteiger charge is -2.35. The van der Waals surface area contributed by atoms with Crippen LogP contribution in [-0.4, -0.2) is 55.0 Å². The van der Waals surface area contributed by atoms with E-state index in [1.807, 2.05) is 17.8 Å². The van der Waals surface area contributed by atoms with Crippen LogP contribution in [0.15, 0.2) is 41.6 Å². The van der Waals surface area contributed by atoms with Crippen molar-refractivity contribution in [1.82, 2.24) is 19.8 Å². The number of benzene rings is 1. The van der Waals surface area contributed by atoms with Gasteiger partial charge in [-0.3, -0.25) is 9.69 Å². The summed E-state index contributed by atoms with van der Waals surface area (Å²) in [7, 11) is -1.81. The molecule has 2 aromatic rings. The number of amides is 1. The maximum absolute atomic E-state index is 12.4. The summed E-state index contributed by atoms with van der Waals surface area (Å²) < 4.78 is 24.5. The van der Waals surface area contributed by atoms with Crippen LogP contribution in [0.3, 0.4) is 0 Å². The quantitative estimate of drug-likeness (QED) is 0.654. The first-order valence-electron chi connectivity index (χ1n) is 8.19. The number of imidazole rings is 1. The molecule has 4 N–H and O–H groups in total. The standard InChI is InChI=1S/C16H22N6O3S/c1-21-8-7-19-16(21)14-10-18-6-9-22(14)11-15(23)20-12-2-4-13(5-3-12)26(17,24)25/h2-5,7-8,14,18H,6,9-11H2,1H3,(H,20,23)(H2,17,24,25). The molecule has 0 radical (unpaired) electrons. The van der Waals surface area contributed by atoms with Crippen LogP contribution in [0.4, 0.5) is 5.69 Å². The number of nitrogens with one attached hydrogen (secondary N) is 2. The van der Waals surface area contributed by atoms with E-state index in [4.69, 9.17) is 5.14 Å². The topological polar surface area (TPSA) is 122 Å². The van der Waals surface area contributed by atoms with Crippen LogP contribution in [0.1, 0.15) is 11.9 Å². The average molecular weight is 378 g/mol. The highest BCUT2D eigenvalue weighted by molar-refractivity contribution is 7.89. The van der Waals surface area contributed by atoms with Gasteiger partial charge >= 0.3 is 0 Å². The van der Waals surface area contributed by atoms with Crippen molar-refractivity contribution in [2.24, 2.45) is 12.2 Å². The van der Waals surface area contributed by atoms with Crippen molar-refractivity contribution in [3.05, 3.63) is 42.5 Å². The molecule has 1 aliphatic heterocycles. The lowest BCUT2D eigenvalue weighted by Crippen LogP contribution is -2.49. The zero-order chi connectivity index (χ0) is 18.7. The van der Waals surface area contributed by atoms with Gasteiger partial charge in [-0.25, -0.2) is 18.5 Å². The van der Waals surface area contributed by atoms with Crippen molar-refractivity contribution < 1.29 is 13.2 Å². The molecule has 140 valence electrons. The van der Waals surface area contributed by atoms with Gasteiger partial charge in [0.1, 0.15) is 5.82 Å². The Morgan fingerprint density at radius 1 is 1.38 bits per heavy atom. The van der Waals surface area contributed by atoms with E-state index in [-0.39, 0.29) is 23.4 Å². The van der Waals surface area contributed by atoms with E-state index in [1.165, 1.54) is 24.3 Å². The SMILES string of the molecule is Cn1ccnc1C1CNCCN1CC(=O)Nc1ccc(S(N)(=O)=O)cc1. The molecular formula is C16H22N6O3S. The summed E-state index contributed by atoms with van der Waals surface area (Å²) in [5, 5.41) is 11.2. The number of hydrogen-bond acceptors (Lipinski definition) is 6. The van der Waals surface area contributed by atoms with Crippen LogP contribution in [0.2, 0.25) is 0 Å². The minimum absolute atomic E-state index is 0.00690. The van der Waals surface area contributed by atoms with Crippen molar-refractivity contribution in [2.75, 3.05) is 31.5 Å². The number of nitrogens with zero attached hydrogens (tertiary/aromatic N) is 3. The third-order valence-corrected chi connectivity index (χ3v) is 5.25. The molecule has 26 heavy (non-hydrogen) atoms. The molecule has 3 rings (SSSR count). The first-order valence-corrected chi connectivity index (χ1v) is 9.74. The van der Waals surface area contributed by atoms with Crippen molar-refractivity contribution in [1.29, 1.82) is 0 Å². The fourth-order valence-corrected chi connectivity index (χ4v) is 3.52. The van der Waals surface area contributed by atoms with Gasteiger partial charge in [-0.05, 0) is 24.3 Å². The van der Waals surface area contributed by atoms with Gasteiger partial charge < -0.3 is 15.2 Å². The minimum atomic E-state index is -3.74. The van der Waals surface area contributed by atoms with E-state index in [1.54, 1.807) is 6.20 Å². The average Bonchev–Trinajstić information content (AvgIpc) is 3.01. The second-order valence-corrected chi connectivity index (χ2v) is 7.77. The summed E-state index contributed by atoms with van der Waals surface area (Å²) in [6, 6.07) is 5.79. The third kappa shape index (κ3) is 4.28. The molecule has 9 nitrogen and oxygen atoms in total. The van der Waals surface area contributed by atoms with Crippen LogP contribution in [0.5, 0.6) is 0 Å². The van der Waals surface area contributed by atoms with Crippen molar-refractivity contribution in [2.45, 2.75) is 10.9 Å². The highest BCUT2D eigenvalue weighted by Crippen LogP contribution is 2.20. The Hall–Kier alpha value is -2.27. The smallest absolute Gasteiger partial charge is 0.238 e. The van der Waals surface area contributed by atoms with E-state index in [0.717, 1.165) is 25.5 Å². The number of carbonyl (C=O) groups excluding carboxylic acids is 1. The molecular weight excluding hydrogens is 356 g/mol. The monoisotopic (exact) mass is 378 g/mol. The van der Waals surface area contributed by atoms with Crippen LogP contribution < -0.4 is 15.8 Å². The number of aryl methyl sites for hydroxylation is 1. The fraction of sp³-hybridized carbons (Fsp3) is 0.375. The van der Waals surface area contributed by atoms with Gasteiger partial charge in [0.2, 0.25) is 15.9 Å². The summed E-state index contributed by atoms with van der Waals surface area (Å²) in [6.45, 7) is 2.48. The second kappa shape index (κ2) is 7.54. The number of piperazine rings is 1. The Morgan fingerprint density at radius 3 is 2.73 bits per heavy atom. The number of nitrogens with two attached hydrogens (primary N) is 1. The molecule has 0 saturated carbocycles. The molecule has 0 aliphatic carbocycles. The van der Waals surface area contributed by atoms with Gasteiger partial charge in [-0.1, -0.05) is 0 Å². The maximum Gasteiger partial charge on any atom is 0.238 e. The zero-order valence-corrected chi connectivity index (χ0v) is 15.2. The van der Waals surface area contributed by atoms with Crippen molar-refractivity contribution in [3.63, 3.8) is 0 Å². The largest absolute Gasteiger partial charge is 0.337 e. The molecule has 1 saturated heterocycles. The molecule has 1 atom stereocenters. The van der Waals surface area contributed by atoms with Crippen LogP contribution in [0.25, 0.3) is 0 Å². The van der Waals surface area contributed by atoms with E-state index in [0.29, 0.717) is 5.69 Å². The van der Waals surface area contributed by atoms with Gasteiger partial charge in [-0.2, -0.15) is 0 Å². The van der Waals surface area contributed by atoms with E-state index in [2.05, 4.69) is 20.5 Å². The van der Waals surface area contributed by atoms with E-state index >= 15 is 0 Å². The van der Waals surface area contributed by atoms with Crippen molar-refractivity contribution >= 4 is 21.6 Å². The van der Waals surface area contributed by atoms with Crippen LogP contribution >= 0.6 is 0 Å². The Kier molecular flexibility index (Phi) is 5.37. The minimum Gasteiger partial charge on any atom is -0.337 e. The number of rotatable bonds is 5. The molecule has 0 bridgehead atoms. The van der Waals surface area contributed by atoms with Gasteiger partial charge in [0, 0.05) is 44.8 Å². The number of sulfonamides is 1. The summed E-state index contributed by atoms with van der Waals surface area (Å²) >= 11 is 0. The number of aromatic nitrogens is 2. The molecule has 1 fully saturated rings. The Bertz CT molecular complexity index is 878. The molecule has 1 aliphatic rings. The van der Waals surface area contributed by atoms with Crippen LogP contribution in [-0.2, 0) is 21.9 Å². The first kappa shape index (κ1) is 18.5. The first-order chi connectivity index (χ1) is 12.3. The number of carbonyl (C=O) groups is 1. The number of hydrogen-bond donors (Lipinski definition) is 3. The highest BCUT2D eigenvalue weighted by Gasteiger charge is 2.28. The number of primary sulfonamides is 1. The fourth-order valence-electron chi connectivity index (χ4n) is 3.00. The molecule has 1 aromatic heterocycles. The molecule has 2 heterocycles. The van der Waals surface area contributed by atoms with Crippen LogP contribution in [0, 0.1) is 0 Å². The summed E-state index contributed by atoms with van der Waals surface area (Å²) in [6.07, 6.45) is 3.63. The molecule has 0 spiro atoms. The molecule has 10 heteroatoms.